The number of hydrogen-bond donors (Lipinski definition) is 0. The van der Waals surface area contributed by atoms with Gasteiger partial charge in [0.15, 0.2) is 5.78 Å². The summed E-state index contributed by atoms with van der Waals surface area (Å²) >= 11 is 0. The molecule has 0 unspecified atom stereocenters. The summed E-state index contributed by atoms with van der Waals surface area (Å²) in [5.41, 5.74) is 0.885. The zero-order valence-corrected chi connectivity index (χ0v) is 11.8. The average Bonchev–Trinajstić information content (AvgIpc) is 2.52. The minimum Gasteiger partial charge on any atom is -0.872 e. The Kier molecular flexibility index (Phi) is 4.61. The molecule has 0 bridgehead atoms. The highest BCUT2D eigenvalue weighted by Gasteiger charge is 2.09. The van der Waals surface area contributed by atoms with Crippen molar-refractivity contribution in [2.75, 3.05) is 14.2 Å². The van der Waals surface area contributed by atoms with Crippen LogP contribution in [-0.2, 0) is 0 Å². The van der Waals surface area contributed by atoms with Crippen LogP contribution >= 0.6 is 0 Å². The lowest BCUT2D eigenvalue weighted by Gasteiger charge is -2.14. The van der Waals surface area contributed by atoms with Gasteiger partial charge in [0, 0.05) is 0 Å². The van der Waals surface area contributed by atoms with Crippen molar-refractivity contribution in [3.05, 3.63) is 59.7 Å². The van der Waals surface area contributed by atoms with Crippen molar-refractivity contribution in [3.63, 3.8) is 0 Å². The number of methoxy groups -OCH3 is 2. The van der Waals surface area contributed by atoms with Crippen LogP contribution in [-0.4, -0.2) is 20.0 Å². The molecule has 108 valence electrons. The monoisotopic (exact) mass is 283 g/mol. The molecular weight excluding hydrogens is 268 g/mol. The van der Waals surface area contributed by atoms with Gasteiger partial charge in [-0.3, -0.25) is 4.79 Å². The van der Waals surface area contributed by atoms with Crippen LogP contribution in [0.15, 0.2) is 48.5 Å². The van der Waals surface area contributed by atoms with Crippen LogP contribution in [0.25, 0.3) is 6.08 Å². The predicted molar refractivity (Wildman–Crippen MR) is 78.8 cm³/mol. The zero-order chi connectivity index (χ0) is 15.2. The van der Waals surface area contributed by atoms with Crippen LogP contribution < -0.4 is 14.6 Å². The molecule has 4 nitrogen and oxygen atoms in total. The van der Waals surface area contributed by atoms with Gasteiger partial charge in [0.2, 0.25) is 0 Å². The molecule has 0 saturated heterocycles. The van der Waals surface area contributed by atoms with Crippen LogP contribution in [0.5, 0.6) is 17.2 Å². The molecule has 0 amide bonds. The third kappa shape index (κ3) is 3.42. The summed E-state index contributed by atoms with van der Waals surface area (Å²) in [6.45, 7) is 0. The third-order valence-corrected chi connectivity index (χ3v) is 3.00. The molecule has 0 N–H and O–H groups in total. The molecule has 0 spiro atoms. The Bertz CT molecular complexity index is 657. The third-order valence-electron chi connectivity index (χ3n) is 3.00. The second-order valence-electron chi connectivity index (χ2n) is 4.30. The Morgan fingerprint density at radius 1 is 1.05 bits per heavy atom. The van der Waals surface area contributed by atoms with Gasteiger partial charge in [0.05, 0.1) is 19.8 Å². The molecule has 2 aromatic carbocycles. The Morgan fingerprint density at radius 2 is 1.76 bits per heavy atom. The molecule has 2 aromatic rings. The fourth-order valence-electron chi connectivity index (χ4n) is 1.89. The number of carbonyl (C=O) groups is 1. The molecule has 0 atom stereocenters. The van der Waals surface area contributed by atoms with Gasteiger partial charge in [-0.05, 0) is 29.8 Å². The average molecular weight is 283 g/mol. The van der Waals surface area contributed by atoms with E-state index in [4.69, 9.17) is 9.47 Å². The Hall–Kier alpha value is -2.75. The highest BCUT2D eigenvalue weighted by atomic mass is 16.5. The van der Waals surface area contributed by atoms with Gasteiger partial charge in [-0.1, -0.05) is 36.1 Å². The number of ketones is 1. The van der Waals surface area contributed by atoms with Crippen molar-refractivity contribution in [1.29, 1.82) is 0 Å². The van der Waals surface area contributed by atoms with E-state index in [-0.39, 0.29) is 22.8 Å². The predicted octanol–water partition coefficient (Wildman–Crippen LogP) is 2.67. The van der Waals surface area contributed by atoms with Gasteiger partial charge in [-0.2, -0.15) is 0 Å². The number of benzene rings is 2. The maximum atomic E-state index is 12.2. The zero-order valence-electron chi connectivity index (χ0n) is 11.8. The van der Waals surface area contributed by atoms with E-state index in [1.54, 1.807) is 37.5 Å². The summed E-state index contributed by atoms with van der Waals surface area (Å²) in [5.74, 6) is 0.295. The number of ether oxygens (including phenoxy) is 2. The highest BCUT2D eigenvalue weighted by Crippen LogP contribution is 2.26. The fourth-order valence-corrected chi connectivity index (χ4v) is 1.89. The normalized spacial score (nSPS) is 10.6. The van der Waals surface area contributed by atoms with E-state index in [9.17, 15) is 9.90 Å². The Morgan fingerprint density at radius 3 is 2.38 bits per heavy atom. The van der Waals surface area contributed by atoms with E-state index >= 15 is 0 Å². The summed E-state index contributed by atoms with van der Waals surface area (Å²) < 4.78 is 10.1. The van der Waals surface area contributed by atoms with E-state index in [0.29, 0.717) is 0 Å². The SMILES string of the molecule is COc1ccc(/C=C/C(=O)c2c([O-])cccc2OC)cc1. The molecule has 21 heavy (non-hydrogen) atoms. The minimum atomic E-state index is -0.381. The molecule has 0 saturated carbocycles. The molecule has 0 aliphatic rings. The smallest absolute Gasteiger partial charge is 0.188 e. The van der Waals surface area contributed by atoms with E-state index in [1.807, 2.05) is 12.1 Å². The van der Waals surface area contributed by atoms with Crippen molar-refractivity contribution >= 4 is 11.9 Å². The van der Waals surface area contributed by atoms with Crippen LogP contribution in [0.2, 0.25) is 0 Å². The lowest BCUT2D eigenvalue weighted by atomic mass is 10.1. The molecule has 0 heterocycles. The molecule has 0 radical (unpaired) electrons. The van der Waals surface area contributed by atoms with Gasteiger partial charge < -0.3 is 14.6 Å². The molecule has 0 aromatic heterocycles. The maximum absolute atomic E-state index is 12.2. The first-order valence-corrected chi connectivity index (χ1v) is 6.36. The van der Waals surface area contributed by atoms with Gasteiger partial charge in [0.25, 0.3) is 0 Å². The molecule has 4 heteroatoms. The summed E-state index contributed by atoms with van der Waals surface area (Å²) in [6.07, 6.45) is 3.01. The molecule has 0 fully saturated rings. The molecule has 2 rings (SSSR count). The molecule has 0 aliphatic heterocycles. The number of carbonyl (C=O) groups excluding carboxylic acids is 1. The Balaban J connectivity index is 2.23. The van der Waals surface area contributed by atoms with Crippen molar-refractivity contribution in [2.24, 2.45) is 0 Å². The van der Waals surface area contributed by atoms with E-state index < -0.39 is 0 Å². The lowest BCUT2D eigenvalue weighted by Crippen LogP contribution is -2.05. The topological polar surface area (TPSA) is 58.6 Å². The summed E-state index contributed by atoms with van der Waals surface area (Å²) in [7, 11) is 3.02. The lowest BCUT2D eigenvalue weighted by molar-refractivity contribution is -0.268. The Labute approximate surface area is 123 Å². The van der Waals surface area contributed by atoms with Crippen molar-refractivity contribution in [3.8, 4) is 17.2 Å². The van der Waals surface area contributed by atoms with Crippen LogP contribution in [0.4, 0.5) is 0 Å². The fraction of sp³-hybridized carbons (Fsp3) is 0.118. The first-order chi connectivity index (χ1) is 10.2. The largest absolute Gasteiger partial charge is 0.872 e. The summed E-state index contributed by atoms with van der Waals surface area (Å²) in [5, 5.41) is 11.8. The van der Waals surface area contributed by atoms with E-state index in [0.717, 1.165) is 11.3 Å². The second kappa shape index (κ2) is 6.61. The summed E-state index contributed by atoms with van der Waals surface area (Å²) in [4.78, 5) is 12.2. The number of hydrogen-bond acceptors (Lipinski definition) is 4. The first-order valence-electron chi connectivity index (χ1n) is 6.36. The van der Waals surface area contributed by atoms with Crippen molar-refractivity contribution in [2.45, 2.75) is 0 Å². The summed E-state index contributed by atoms with van der Waals surface area (Å²) in [6, 6.07) is 11.7. The van der Waals surface area contributed by atoms with Gasteiger partial charge >= 0.3 is 0 Å². The van der Waals surface area contributed by atoms with Crippen LogP contribution in [0.3, 0.4) is 0 Å². The number of allylic oxidation sites excluding steroid dienone is 1. The highest BCUT2D eigenvalue weighted by molar-refractivity contribution is 6.10. The van der Waals surface area contributed by atoms with Gasteiger partial charge in [-0.15, -0.1) is 0 Å². The van der Waals surface area contributed by atoms with Crippen molar-refractivity contribution < 1.29 is 19.4 Å². The molecule has 0 aliphatic carbocycles. The van der Waals surface area contributed by atoms with Crippen LogP contribution in [0.1, 0.15) is 15.9 Å². The first kappa shape index (κ1) is 14.7. The second-order valence-corrected chi connectivity index (χ2v) is 4.30. The van der Waals surface area contributed by atoms with E-state index in [1.165, 1.54) is 19.3 Å². The maximum Gasteiger partial charge on any atom is 0.188 e. The standard InChI is InChI=1S/C17H16O4/c1-20-13-9-6-12(7-10-13)8-11-15(19)17-14(18)4-3-5-16(17)21-2/h3-11,18H,1-2H3/p-1/b11-8+. The minimum absolute atomic E-state index is 0.0461. The van der Waals surface area contributed by atoms with Crippen LogP contribution in [0, 0.1) is 0 Å². The number of rotatable bonds is 5. The van der Waals surface area contributed by atoms with E-state index in [2.05, 4.69) is 0 Å². The molecular formula is C17H15O4-. The van der Waals surface area contributed by atoms with Gasteiger partial charge in [-0.25, -0.2) is 0 Å². The quantitative estimate of drug-likeness (QED) is 0.625. The van der Waals surface area contributed by atoms with Crippen molar-refractivity contribution in [1.82, 2.24) is 0 Å². The van der Waals surface area contributed by atoms with Gasteiger partial charge in [0.1, 0.15) is 11.5 Å².